The quantitative estimate of drug-likeness (QED) is 0.344. The molecule has 2 heterocycles. The van der Waals surface area contributed by atoms with E-state index in [0.29, 0.717) is 12.4 Å². The van der Waals surface area contributed by atoms with E-state index >= 15 is 0 Å². The Morgan fingerprint density at radius 3 is 2.48 bits per heavy atom. The predicted octanol–water partition coefficient (Wildman–Crippen LogP) is 5.16. The molecule has 0 radical (unpaired) electrons. The van der Waals surface area contributed by atoms with Crippen molar-refractivity contribution >= 4 is 6.08 Å². The van der Waals surface area contributed by atoms with Gasteiger partial charge in [0.1, 0.15) is 0 Å². The summed E-state index contributed by atoms with van der Waals surface area (Å²) < 4.78 is 3.71. The lowest BCUT2D eigenvalue weighted by molar-refractivity contribution is 0.574. The molecule has 0 fully saturated rings. The fourth-order valence-corrected chi connectivity index (χ4v) is 3.95. The molecule has 0 aliphatic heterocycles. The molecule has 7 nitrogen and oxygen atoms in total. The number of tetrazole rings is 1. The summed E-state index contributed by atoms with van der Waals surface area (Å²) in [4.78, 5) is 13.1. The van der Waals surface area contributed by atoms with Crippen molar-refractivity contribution < 1.29 is 0 Å². The van der Waals surface area contributed by atoms with Crippen molar-refractivity contribution in [2.24, 2.45) is 0 Å². The van der Waals surface area contributed by atoms with Crippen molar-refractivity contribution in [1.29, 1.82) is 0 Å². The Morgan fingerprint density at radius 1 is 1.00 bits per heavy atom. The zero-order chi connectivity index (χ0) is 23.0. The number of nitrogens with zero attached hydrogens (tertiary/aromatic N) is 5. The van der Waals surface area contributed by atoms with Crippen molar-refractivity contribution in [3.63, 3.8) is 0 Å². The fraction of sp³-hybridized carbons (Fsp3) is 0.308. The number of rotatable bonds is 10. The lowest BCUT2D eigenvalue weighted by Gasteiger charge is -2.09. The molecule has 0 saturated heterocycles. The van der Waals surface area contributed by atoms with E-state index in [9.17, 15) is 4.79 Å². The van der Waals surface area contributed by atoms with Crippen molar-refractivity contribution in [3.05, 3.63) is 82.5 Å². The van der Waals surface area contributed by atoms with Crippen LogP contribution in [-0.2, 0) is 13.1 Å². The maximum atomic E-state index is 13.1. The molecule has 0 saturated carbocycles. The molecule has 0 amide bonds. The summed E-state index contributed by atoms with van der Waals surface area (Å²) in [6.07, 6.45) is 10.4. The average molecular weight is 443 g/mol. The first kappa shape index (κ1) is 22.5. The number of aryl methyl sites for hydroxylation is 1. The van der Waals surface area contributed by atoms with Crippen molar-refractivity contribution in [1.82, 2.24) is 29.8 Å². The normalized spacial score (nSPS) is 11.5. The highest BCUT2D eigenvalue weighted by Gasteiger charge is 2.12. The topological polar surface area (TPSA) is 81.4 Å². The summed E-state index contributed by atoms with van der Waals surface area (Å²) in [6.45, 7) is 5.57. The van der Waals surface area contributed by atoms with Gasteiger partial charge >= 0.3 is 5.69 Å². The maximum absolute atomic E-state index is 13.1. The molecular weight excluding hydrogens is 412 g/mol. The Kier molecular flexibility index (Phi) is 7.29. The van der Waals surface area contributed by atoms with Crippen LogP contribution in [0.1, 0.15) is 50.8 Å². The second kappa shape index (κ2) is 10.7. The smallest absolute Gasteiger partial charge is 0.299 e. The third-order valence-corrected chi connectivity index (χ3v) is 5.72. The molecule has 0 aliphatic carbocycles. The van der Waals surface area contributed by atoms with Gasteiger partial charge in [0.2, 0.25) is 5.82 Å². The second-order valence-corrected chi connectivity index (χ2v) is 8.11. The minimum absolute atomic E-state index is 0.0494. The van der Waals surface area contributed by atoms with Crippen LogP contribution in [0, 0.1) is 0 Å². The van der Waals surface area contributed by atoms with Crippen LogP contribution in [0.5, 0.6) is 0 Å². The molecule has 1 N–H and O–H groups in total. The summed E-state index contributed by atoms with van der Waals surface area (Å²) in [5, 5.41) is 14.4. The van der Waals surface area contributed by atoms with Gasteiger partial charge in [-0.3, -0.25) is 9.13 Å². The van der Waals surface area contributed by atoms with Gasteiger partial charge in [-0.15, -0.1) is 10.2 Å². The lowest BCUT2D eigenvalue weighted by Crippen LogP contribution is -2.25. The molecule has 0 spiro atoms. The molecule has 0 atom stereocenters. The van der Waals surface area contributed by atoms with Crippen LogP contribution < -0.4 is 5.69 Å². The van der Waals surface area contributed by atoms with Crippen molar-refractivity contribution in [3.8, 4) is 22.5 Å². The number of H-pyrrole nitrogens is 1. The molecule has 33 heavy (non-hydrogen) atoms. The van der Waals surface area contributed by atoms with E-state index in [1.54, 1.807) is 0 Å². The van der Waals surface area contributed by atoms with Gasteiger partial charge in [-0.2, -0.15) is 5.21 Å². The Bertz CT molecular complexity index is 1250. The number of imidazole rings is 1. The first-order valence-electron chi connectivity index (χ1n) is 11.6. The molecule has 0 bridgehead atoms. The summed E-state index contributed by atoms with van der Waals surface area (Å²) >= 11 is 0. The number of hydrogen-bond donors (Lipinski definition) is 1. The van der Waals surface area contributed by atoms with Crippen LogP contribution in [0.4, 0.5) is 0 Å². The third-order valence-electron chi connectivity index (χ3n) is 5.72. The van der Waals surface area contributed by atoms with Gasteiger partial charge in [0, 0.05) is 18.3 Å². The molecule has 0 aliphatic rings. The number of aromatic amines is 1. The summed E-state index contributed by atoms with van der Waals surface area (Å²) in [5.41, 5.74) is 5.10. The van der Waals surface area contributed by atoms with E-state index in [-0.39, 0.29) is 5.69 Å². The van der Waals surface area contributed by atoms with Gasteiger partial charge in [-0.25, -0.2) is 4.79 Å². The van der Waals surface area contributed by atoms with Crippen LogP contribution >= 0.6 is 0 Å². The van der Waals surface area contributed by atoms with Crippen LogP contribution in [-0.4, -0.2) is 29.8 Å². The Morgan fingerprint density at radius 2 is 1.79 bits per heavy atom. The van der Waals surface area contributed by atoms with Gasteiger partial charge in [-0.05, 0) is 40.8 Å². The van der Waals surface area contributed by atoms with E-state index in [2.05, 4.69) is 70.9 Å². The maximum Gasteiger partial charge on any atom is 0.328 e. The number of nitrogens with one attached hydrogen (secondary N) is 1. The number of hydrogen-bond acceptors (Lipinski definition) is 4. The minimum Gasteiger partial charge on any atom is -0.299 e. The third kappa shape index (κ3) is 5.19. The van der Waals surface area contributed by atoms with Crippen molar-refractivity contribution in [2.75, 3.05) is 0 Å². The van der Waals surface area contributed by atoms with Crippen LogP contribution in [0.2, 0.25) is 0 Å². The Hall–Kier alpha value is -3.74. The molecule has 2 aromatic heterocycles. The minimum atomic E-state index is 0.0494. The van der Waals surface area contributed by atoms with Crippen LogP contribution in [0.3, 0.4) is 0 Å². The first-order chi connectivity index (χ1) is 16.2. The molecule has 7 heteroatoms. The van der Waals surface area contributed by atoms with E-state index < -0.39 is 0 Å². The second-order valence-electron chi connectivity index (χ2n) is 8.11. The molecule has 4 rings (SSSR count). The van der Waals surface area contributed by atoms with Crippen LogP contribution in [0.25, 0.3) is 28.6 Å². The number of unbranched alkanes of at least 4 members (excludes halogenated alkanes) is 2. The largest absolute Gasteiger partial charge is 0.328 e. The standard InChI is InChI=1S/C26H30N6O/c1-3-5-9-17-31-19-22(10-6-4-2)32(26(31)33)18-20-13-15-21(16-14-20)23-11-7-8-12-24(23)25-27-29-30-28-25/h6-8,10-16,19H,3-5,9,17-18H2,1-2H3,(H,27,28,29,30). The average Bonchev–Trinajstić information content (AvgIpc) is 3.48. The Labute approximate surface area is 193 Å². The number of allylic oxidation sites excluding steroid dienone is 1. The lowest BCUT2D eigenvalue weighted by atomic mass is 9.98. The number of benzene rings is 2. The first-order valence-corrected chi connectivity index (χ1v) is 11.6. The molecule has 170 valence electrons. The summed E-state index contributed by atoms with van der Waals surface area (Å²) in [5.74, 6) is 0.568. The molecule has 4 aromatic rings. The van der Waals surface area contributed by atoms with Gasteiger partial charge in [-0.1, -0.05) is 81.3 Å². The Balaban J connectivity index is 1.60. The zero-order valence-corrected chi connectivity index (χ0v) is 19.2. The van der Waals surface area contributed by atoms with Crippen LogP contribution in [0.15, 0.2) is 65.6 Å². The highest BCUT2D eigenvalue weighted by Crippen LogP contribution is 2.29. The predicted molar refractivity (Wildman–Crippen MR) is 132 cm³/mol. The summed E-state index contributed by atoms with van der Waals surface area (Å²) in [6, 6.07) is 16.3. The fourth-order valence-electron chi connectivity index (χ4n) is 3.95. The zero-order valence-electron chi connectivity index (χ0n) is 19.2. The molecule has 2 aromatic carbocycles. The van der Waals surface area contributed by atoms with Gasteiger partial charge in [0.05, 0.1) is 12.2 Å². The van der Waals surface area contributed by atoms with Gasteiger partial charge in [0.15, 0.2) is 0 Å². The van der Waals surface area contributed by atoms with E-state index in [0.717, 1.165) is 60.2 Å². The van der Waals surface area contributed by atoms with E-state index in [1.807, 2.05) is 39.6 Å². The van der Waals surface area contributed by atoms with E-state index in [1.165, 1.54) is 0 Å². The van der Waals surface area contributed by atoms with Gasteiger partial charge in [0.25, 0.3) is 0 Å². The molecule has 0 unspecified atom stereocenters. The monoisotopic (exact) mass is 442 g/mol. The SMILES string of the molecule is CCC=Cc1cn(CCCCC)c(=O)n1Cc1ccc(-c2ccccc2-c2nn[nH]n2)cc1. The van der Waals surface area contributed by atoms with Gasteiger partial charge < -0.3 is 0 Å². The van der Waals surface area contributed by atoms with E-state index in [4.69, 9.17) is 0 Å². The highest BCUT2D eigenvalue weighted by atomic mass is 16.1. The summed E-state index contributed by atoms with van der Waals surface area (Å²) in [7, 11) is 0. The highest BCUT2D eigenvalue weighted by molar-refractivity contribution is 5.80. The van der Waals surface area contributed by atoms with Crippen molar-refractivity contribution in [2.45, 2.75) is 52.6 Å². The number of aromatic nitrogens is 6. The molecular formula is C26H30N6O.